The highest BCUT2D eigenvalue weighted by atomic mass is 19.4. The maximum Gasteiger partial charge on any atom is 0.416 e. The minimum atomic E-state index is -4.36. The van der Waals surface area contributed by atoms with E-state index >= 15 is 0 Å². The molecular formula is C14H13F3N2O2. The van der Waals surface area contributed by atoms with Crippen LogP contribution in [-0.4, -0.2) is 21.4 Å². The topological polar surface area (TPSA) is 59.2 Å². The zero-order valence-electron chi connectivity index (χ0n) is 11.0. The van der Waals surface area contributed by atoms with Crippen LogP contribution in [0.2, 0.25) is 0 Å². The second kappa shape index (κ2) is 5.14. The lowest BCUT2D eigenvalue weighted by atomic mass is 9.82. The van der Waals surface area contributed by atoms with Gasteiger partial charge < -0.3 is 9.63 Å². The van der Waals surface area contributed by atoms with Crippen LogP contribution in [0.25, 0.3) is 0 Å². The molecule has 2 aromatic rings. The largest absolute Gasteiger partial charge is 0.416 e. The lowest BCUT2D eigenvalue weighted by Gasteiger charge is -2.27. The van der Waals surface area contributed by atoms with Crippen LogP contribution in [0.4, 0.5) is 13.2 Å². The molecule has 1 N–H and O–H groups in total. The van der Waals surface area contributed by atoms with Crippen molar-refractivity contribution in [3.63, 3.8) is 0 Å². The average molecular weight is 298 g/mol. The second-order valence-corrected chi connectivity index (χ2v) is 5.25. The maximum atomic E-state index is 12.6. The molecule has 0 radical (unpaired) electrons. The van der Waals surface area contributed by atoms with Gasteiger partial charge in [0.1, 0.15) is 0 Å². The highest BCUT2D eigenvalue weighted by molar-refractivity contribution is 5.27. The van der Waals surface area contributed by atoms with Crippen molar-refractivity contribution in [1.82, 2.24) is 10.1 Å². The summed E-state index contributed by atoms with van der Waals surface area (Å²) in [5.41, 5.74) is -0.211. The third-order valence-electron chi connectivity index (χ3n) is 3.56. The summed E-state index contributed by atoms with van der Waals surface area (Å²) in [4.78, 5) is 4.18. The zero-order valence-corrected chi connectivity index (χ0v) is 11.0. The monoisotopic (exact) mass is 298 g/mol. The summed E-state index contributed by atoms with van der Waals surface area (Å²) in [7, 11) is 0. The normalized spacial score (nSPS) is 22.1. The fourth-order valence-corrected chi connectivity index (χ4v) is 2.33. The van der Waals surface area contributed by atoms with Gasteiger partial charge in [-0.3, -0.25) is 0 Å². The van der Waals surface area contributed by atoms with E-state index in [1.165, 1.54) is 6.07 Å². The van der Waals surface area contributed by atoms with E-state index in [1.807, 2.05) is 0 Å². The van der Waals surface area contributed by atoms with E-state index in [4.69, 9.17) is 4.52 Å². The van der Waals surface area contributed by atoms with Gasteiger partial charge in [-0.2, -0.15) is 18.2 Å². The van der Waals surface area contributed by atoms with Gasteiger partial charge in [0.05, 0.1) is 11.7 Å². The highest BCUT2D eigenvalue weighted by Gasteiger charge is 2.33. The zero-order chi connectivity index (χ0) is 15.0. The molecule has 1 aliphatic carbocycles. The number of aliphatic hydroxyl groups is 1. The standard InChI is InChI=1S/C14H13F3N2O2/c15-14(16,17)10-3-1-2-8(4-10)5-12-18-13(21-19-12)9-6-11(20)7-9/h1-4,9,11,20H,5-7H2. The number of alkyl halides is 3. The SMILES string of the molecule is OC1CC(c2nc(Cc3cccc(C(F)(F)F)c3)no2)C1. The van der Waals surface area contributed by atoms with Crippen molar-refractivity contribution in [1.29, 1.82) is 0 Å². The highest BCUT2D eigenvalue weighted by Crippen LogP contribution is 2.35. The Bertz CT molecular complexity index is 633. The Hall–Kier alpha value is -1.89. The Morgan fingerprint density at radius 1 is 1.29 bits per heavy atom. The van der Waals surface area contributed by atoms with E-state index in [1.54, 1.807) is 6.07 Å². The Labute approximate surface area is 118 Å². The molecule has 1 aromatic carbocycles. The molecule has 1 aromatic heterocycles. The summed E-state index contributed by atoms with van der Waals surface area (Å²) in [5, 5.41) is 13.0. The van der Waals surface area contributed by atoms with Crippen molar-refractivity contribution in [2.75, 3.05) is 0 Å². The van der Waals surface area contributed by atoms with Crippen LogP contribution in [0.15, 0.2) is 28.8 Å². The first kappa shape index (κ1) is 14.1. The lowest BCUT2D eigenvalue weighted by molar-refractivity contribution is -0.137. The summed E-state index contributed by atoms with van der Waals surface area (Å²) < 4.78 is 43.0. The number of aliphatic hydroxyl groups excluding tert-OH is 1. The Balaban J connectivity index is 1.72. The molecule has 0 atom stereocenters. The first-order valence-electron chi connectivity index (χ1n) is 6.58. The molecule has 4 nitrogen and oxygen atoms in total. The average Bonchev–Trinajstić information content (AvgIpc) is 2.82. The van der Waals surface area contributed by atoms with E-state index in [-0.39, 0.29) is 18.4 Å². The van der Waals surface area contributed by atoms with E-state index in [0.717, 1.165) is 12.1 Å². The summed E-state index contributed by atoms with van der Waals surface area (Å²) in [6.45, 7) is 0. The van der Waals surface area contributed by atoms with Gasteiger partial charge in [-0.1, -0.05) is 23.4 Å². The van der Waals surface area contributed by atoms with Crippen molar-refractivity contribution in [2.45, 2.75) is 37.5 Å². The van der Waals surface area contributed by atoms with Crippen molar-refractivity contribution >= 4 is 0 Å². The maximum absolute atomic E-state index is 12.6. The lowest BCUT2D eigenvalue weighted by Crippen LogP contribution is -2.26. The molecule has 21 heavy (non-hydrogen) atoms. The van der Waals surface area contributed by atoms with E-state index in [0.29, 0.717) is 30.1 Å². The van der Waals surface area contributed by atoms with Gasteiger partial charge in [-0.25, -0.2) is 0 Å². The van der Waals surface area contributed by atoms with Crippen LogP contribution in [-0.2, 0) is 12.6 Å². The van der Waals surface area contributed by atoms with E-state index in [9.17, 15) is 18.3 Å². The Kier molecular flexibility index (Phi) is 3.44. The van der Waals surface area contributed by atoms with Gasteiger partial charge in [0.2, 0.25) is 5.89 Å². The van der Waals surface area contributed by atoms with Gasteiger partial charge in [-0.05, 0) is 24.5 Å². The molecule has 1 heterocycles. The van der Waals surface area contributed by atoms with Crippen LogP contribution < -0.4 is 0 Å². The Morgan fingerprint density at radius 2 is 2.05 bits per heavy atom. The first-order valence-corrected chi connectivity index (χ1v) is 6.58. The van der Waals surface area contributed by atoms with Gasteiger partial charge in [0, 0.05) is 12.3 Å². The van der Waals surface area contributed by atoms with Gasteiger partial charge in [0.25, 0.3) is 0 Å². The molecule has 0 unspecified atom stereocenters. The number of aromatic nitrogens is 2. The van der Waals surface area contributed by atoms with Crippen LogP contribution >= 0.6 is 0 Å². The molecule has 1 saturated carbocycles. The summed E-state index contributed by atoms with van der Waals surface area (Å²) in [5.74, 6) is 0.857. The number of hydrogen-bond acceptors (Lipinski definition) is 4. The van der Waals surface area contributed by atoms with Gasteiger partial charge in [-0.15, -0.1) is 0 Å². The summed E-state index contributed by atoms with van der Waals surface area (Å²) >= 11 is 0. The number of hydrogen-bond donors (Lipinski definition) is 1. The molecule has 3 rings (SSSR count). The number of benzene rings is 1. The van der Waals surface area contributed by atoms with Crippen LogP contribution in [0.5, 0.6) is 0 Å². The minimum Gasteiger partial charge on any atom is -0.393 e. The molecule has 7 heteroatoms. The molecule has 0 amide bonds. The summed E-state index contributed by atoms with van der Waals surface area (Å²) in [6, 6.07) is 5.07. The predicted octanol–water partition coefficient (Wildman–Crippen LogP) is 2.92. The van der Waals surface area contributed by atoms with Crippen LogP contribution in [0.3, 0.4) is 0 Å². The Morgan fingerprint density at radius 3 is 2.71 bits per heavy atom. The van der Waals surface area contributed by atoms with Crippen LogP contribution in [0, 0.1) is 0 Å². The minimum absolute atomic E-state index is 0.0581. The molecular weight excluding hydrogens is 285 g/mol. The molecule has 112 valence electrons. The number of halogens is 3. The summed E-state index contributed by atoms with van der Waals surface area (Å²) in [6.07, 6.45) is -3.33. The predicted molar refractivity (Wildman–Crippen MR) is 66.5 cm³/mol. The third-order valence-corrected chi connectivity index (χ3v) is 3.56. The smallest absolute Gasteiger partial charge is 0.393 e. The molecule has 0 spiro atoms. The van der Waals surface area contributed by atoms with Crippen LogP contribution in [0.1, 0.15) is 41.6 Å². The molecule has 0 bridgehead atoms. The second-order valence-electron chi connectivity index (χ2n) is 5.25. The van der Waals surface area contributed by atoms with Gasteiger partial charge in [0.15, 0.2) is 5.82 Å². The quantitative estimate of drug-likeness (QED) is 0.946. The van der Waals surface area contributed by atoms with E-state index in [2.05, 4.69) is 10.1 Å². The fourth-order valence-electron chi connectivity index (χ4n) is 2.33. The molecule has 1 fully saturated rings. The molecule has 0 saturated heterocycles. The number of rotatable bonds is 3. The van der Waals surface area contributed by atoms with Gasteiger partial charge >= 0.3 is 6.18 Å². The van der Waals surface area contributed by atoms with E-state index < -0.39 is 11.7 Å². The van der Waals surface area contributed by atoms with Crippen molar-refractivity contribution in [3.8, 4) is 0 Å². The fraction of sp³-hybridized carbons (Fsp3) is 0.429. The number of nitrogens with zero attached hydrogens (tertiary/aromatic N) is 2. The first-order chi connectivity index (χ1) is 9.91. The third kappa shape index (κ3) is 3.07. The van der Waals surface area contributed by atoms with Crippen molar-refractivity contribution < 1.29 is 22.8 Å². The van der Waals surface area contributed by atoms with Crippen molar-refractivity contribution in [2.24, 2.45) is 0 Å². The molecule has 0 aliphatic heterocycles. The molecule has 1 aliphatic rings. The van der Waals surface area contributed by atoms with Crippen molar-refractivity contribution in [3.05, 3.63) is 47.1 Å².